The highest BCUT2D eigenvalue weighted by Crippen LogP contribution is 2.14. The van der Waals surface area contributed by atoms with E-state index < -0.39 is 0 Å². The SMILES string of the molecule is CCCOc1ccc(C(N)=NC2CCNCC2)cc1. The Bertz CT molecular complexity index is 408. The van der Waals surface area contributed by atoms with Crippen LogP contribution in [0.1, 0.15) is 31.7 Å². The first-order valence-corrected chi connectivity index (χ1v) is 7.07. The van der Waals surface area contributed by atoms with Gasteiger partial charge in [-0.15, -0.1) is 0 Å². The molecule has 0 spiro atoms. The van der Waals surface area contributed by atoms with Crippen molar-refractivity contribution in [1.82, 2.24) is 5.32 Å². The summed E-state index contributed by atoms with van der Waals surface area (Å²) in [5.74, 6) is 1.52. The maximum atomic E-state index is 6.06. The fourth-order valence-corrected chi connectivity index (χ4v) is 2.15. The van der Waals surface area contributed by atoms with E-state index in [2.05, 4.69) is 17.2 Å². The third-order valence-electron chi connectivity index (χ3n) is 3.25. The largest absolute Gasteiger partial charge is 0.494 e. The lowest BCUT2D eigenvalue weighted by Crippen LogP contribution is -2.31. The van der Waals surface area contributed by atoms with Crippen molar-refractivity contribution >= 4 is 5.84 Å². The molecule has 0 aliphatic carbocycles. The van der Waals surface area contributed by atoms with E-state index in [0.29, 0.717) is 11.9 Å². The monoisotopic (exact) mass is 261 g/mol. The summed E-state index contributed by atoms with van der Waals surface area (Å²) in [5, 5.41) is 3.33. The van der Waals surface area contributed by atoms with Gasteiger partial charge in [0.1, 0.15) is 11.6 Å². The quantitative estimate of drug-likeness (QED) is 0.629. The molecule has 1 saturated heterocycles. The average molecular weight is 261 g/mol. The second-order valence-corrected chi connectivity index (χ2v) is 4.87. The van der Waals surface area contributed by atoms with Crippen LogP contribution in [-0.2, 0) is 0 Å². The van der Waals surface area contributed by atoms with Gasteiger partial charge in [-0.25, -0.2) is 0 Å². The molecule has 0 bridgehead atoms. The molecular weight excluding hydrogens is 238 g/mol. The highest BCUT2D eigenvalue weighted by atomic mass is 16.5. The number of hydrogen-bond donors (Lipinski definition) is 2. The topological polar surface area (TPSA) is 59.6 Å². The molecule has 1 fully saturated rings. The molecule has 0 unspecified atom stereocenters. The van der Waals surface area contributed by atoms with Gasteiger partial charge in [-0.05, 0) is 56.6 Å². The van der Waals surface area contributed by atoms with Crippen LogP contribution in [0.25, 0.3) is 0 Å². The number of benzene rings is 1. The number of rotatable bonds is 5. The minimum Gasteiger partial charge on any atom is -0.494 e. The van der Waals surface area contributed by atoms with E-state index in [4.69, 9.17) is 10.5 Å². The van der Waals surface area contributed by atoms with Crippen molar-refractivity contribution in [3.63, 3.8) is 0 Å². The third-order valence-corrected chi connectivity index (χ3v) is 3.25. The average Bonchev–Trinajstić information content (AvgIpc) is 2.46. The first kappa shape index (κ1) is 13.9. The van der Waals surface area contributed by atoms with Gasteiger partial charge in [-0.2, -0.15) is 0 Å². The van der Waals surface area contributed by atoms with E-state index in [1.807, 2.05) is 24.3 Å². The van der Waals surface area contributed by atoms with E-state index in [1.54, 1.807) is 0 Å². The number of nitrogens with two attached hydrogens (primary N) is 1. The Morgan fingerprint density at radius 1 is 1.32 bits per heavy atom. The summed E-state index contributed by atoms with van der Waals surface area (Å²) in [4.78, 5) is 4.61. The molecule has 2 rings (SSSR count). The van der Waals surface area contributed by atoms with Crippen LogP contribution in [0.4, 0.5) is 0 Å². The Kier molecular flexibility index (Phi) is 5.21. The molecule has 1 aromatic carbocycles. The fraction of sp³-hybridized carbons (Fsp3) is 0.533. The summed E-state index contributed by atoms with van der Waals surface area (Å²) < 4.78 is 5.55. The molecule has 1 heterocycles. The summed E-state index contributed by atoms with van der Waals surface area (Å²) in [6.45, 7) is 4.91. The highest BCUT2D eigenvalue weighted by Gasteiger charge is 2.12. The van der Waals surface area contributed by atoms with E-state index in [1.165, 1.54) is 0 Å². The second-order valence-electron chi connectivity index (χ2n) is 4.87. The first-order valence-electron chi connectivity index (χ1n) is 7.07. The molecule has 4 heteroatoms. The van der Waals surface area contributed by atoms with E-state index >= 15 is 0 Å². The number of aliphatic imine (C=N–C) groups is 1. The molecule has 1 aliphatic heterocycles. The van der Waals surface area contributed by atoms with Crippen molar-refractivity contribution in [2.24, 2.45) is 10.7 Å². The number of amidine groups is 1. The Labute approximate surface area is 115 Å². The smallest absolute Gasteiger partial charge is 0.125 e. The van der Waals surface area contributed by atoms with Gasteiger partial charge >= 0.3 is 0 Å². The van der Waals surface area contributed by atoms with Gasteiger partial charge in [0.15, 0.2) is 0 Å². The van der Waals surface area contributed by atoms with Crippen LogP contribution >= 0.6 is 0 Å². The zero-order valence-electron chi connectivity index (χ0n) is 11.6. The van der Waals surface area contributed by atoms with Gasteiger partial charge in [0.25, 0.3) is 0 Å². The van der Waals surface area contributed by atoms with Crippen molar-refractivity contribution in [2.45, 2.75) is 32.2 Å². The van der Waals surface area contributed by atoms with Crippen LogP contribution in [0.2, 0.25) is 0 Å². The maximum Gasteiger partial charge on any atom is 0.125 e. The van der Waals surface area contributed by atoms with Crippen LogP contribution in [0, 0.1) is 0 Å². The predicted octanol–water partition coefficient (Wildman–Crippen LogP) is 1.93. The summed E-state index contributed by atoms with van der Waals surface area (Å²) in [7, 11) is 0. The van der Waals surface area contributed by atoms with Gasteiger partial charge < -0.3 is 15.8 Å². The van der Waals surface area contributed by atoms with Crippen molar-refractivity contribution in [1.29, 1.82) is 0 Å². The van der Waals surface area contributed by atoms with Gasteiger partial charge in [0, 0.05) is 5.56 Å². The molecule has 1 aromatic rings. The van der Waals surface area contributed by atoms with Crippen LogP contribution in [0.3, 0.4) is 0 Å². The van der Waals surface area contributed by atoms with Gasteiger partial charge in [-0.3, -0.25) is 4.99 Å². The first-order chi connectivity index (χ1) is 9.29. The molecule has 4 nitrogen and oxygen atoms in total. The van der Waals surface area contributed by atoms with E-state index in [-0.39, 0.29) is 0 Å². The number of ether oxygens (including phenoxy) is 1. The number of piperidine rings is 1. The lowest BCUT2D eigenvalue weighted by atomic mass is 10.1. The molecule has 19 heavy (non-hydrogen) atoms. The van der Waals surface area contributed by atoms with E-state index in [0.717, 1.165) is 50.3 Å². The summed E-state index contributed by atoms with van der Waals surface area (Å²) in [6, 6.07) is 8.22. The Hall–Kier alpha value is -1.55. The van der Waals surface area contributed by atoms with Crippen LogP contribution in [0.5, 0.6) is 5.75 Å². The molecule has 0 amide bonds. The third kappa shape index (κ3) is 4.24. The van der Waals surface area contributed by atoms with Crippen LogP contribution in [-0.4, -0.2) is 31.6 Å². The number of hydrogen-bond acceptors (Lipinski definition) is 3. The highest BCUT2D eigenvalue weighted by molar-refractivity contribution is 5.97. The van der Waals surface area contributed by atoms with Gasteiger partial charge in [-0.1, -0.05) is 6.92 Å². The van der Waals surface area contributed by atoms with Crippen molar-refractivity contribution in [3.05, 3.63) is 29.8 Å². The molecule has 104 valence electrons. The lowest BCUT2D eigenvalue weighted by Gasteiger charge is -2.19. The zero-order chi connectivity index (χ0) is 13.5. The number of nitrogens with zero attached hydrogens (tertiary/aromatic N) is 1. The fourth-order valence-electron chi connectivity index (χ4n) is 2.15. The van der Waals surface area contributed by atoms with Crippen LogP contribution in [0.15, 0.2) is 29.3 Å². The number of nitrogens with one attached hydrogen (secondary N) is 1. The molecule has 0 aromatic heterocycles. The van der Waals surface area contributed by atoms with Crippen molar-refractivity contribution in [3.8, 4) is 5.75 Å². The normalized spacial score (nSPS) is 17.4. The summed E-state index contributed by atoms with van der Waals surface area (Å²) in [6.07, 6.45) is 3.15. The Balaban J connectivity index is 1.97. The molecular formula is C15H23N3O. The predicted molar refractivity (Wildman–Crippen MR) is 78.8 cm³/mol. The van der Waals surface area contributed by atoms with Crippen molar-refractivity contribution in [2.75, 3.05) is 19.7 Å². The standard InChI is InChI=1S/C15H23N3O/c1-2-11-19-14-5-3-12(4-6-14)15(16)18-13-7-9-17-10-8-13/h3-6,13,17H,2,7-11H2,1H3,(H2,16,18). The molecule has 1 aliphatic rings. The lowest BCUT2D eigenvalue weighted by molar-refractivity contribution is 0.317. The minimum absolute atomic E-state index is 0.359. The zero-order valence-corrected chi connectivity index (χ0v) is 11.6. The van der Waals surface area contributed by atoms with E-state index in [9.17, 15) is 0 Å². The molecule has 0 atom stereocenters. The van der Waals surface area contributed by atoms with Gasteiger partial charge in [0.05, 0.1) is 12.6 Å². The maximum absolute atomic E-state index is 6.06. The summed E-state index contributed by atoms with van der Waals surface area (Å²) >= 11 is 0. The molecule has 3 N–H and O–H groups in total. The molecule has 0 radical (unpaired) electrons. The minimum atomic E-state index is 0.359. The van der Waals surface area contributed by atoms with Gasteiger partial charge in [0.2, 0.25) is 0 Å². The Morgan fingerprint density at radius 3 is 2.63 bits per heavy atom. The summed E-state index contributed by atoms with van der Waals surface area (Å²) in [5.41, 5.74) is 7.04. The second kappa shape index (κ2) is 7.14. The van der Waals surface area contributed by atoms with Crippen molar-refractivity contribution < 1.29 is 4.74 Å². The molecule has 0 saturated carbocycles. The Morgan fingerprint density at radius 2 is 2.00 bits per heavy atom. The van der Waals surface area contributed by atoms with Crippen LogP contribution < -0.4 is 15.8 Å².